The van der Waals surface area contributed by atoms with E-state index in [4.69, 9.17) is 0 Å². The lowest BCUT2D eigenvalue weighted by molar-refractivity contribution is -0.148. The lowest BCUT2D eigenvalue weighted by Gasteiger charge is -2.34. The van der Waals surface area contributed by atoms with Gasteiger partial charge in [0.2, 0.25) is 11.8 Å². The molecule has 0 radical (unpaired) electrons. The molecule has 4 nitrogen and oxygen atoms in total. The molecule has 0 atom stereocenters. The third kappa shape index (κ3) is 6.25. The minimum Gasteiger partial charge on any atom is -0.347 e. The van der Waals surface area contributed by atoms with Gasteiger partial charge in [-0.25, -0.2) is 0 Å². The Morgan fingerprint density at radius 1 is 1.20 bits per heavy atom. The minimum absolute atomic E-state index is 0.132. The summed E-state index contributed by atoms with van der Waals surface area (Å²) in [5.74, 6) is -0.797. The summed E-state index contributed by atoms with van der Waals surface area (Å²) in [6.07, 6.45) is -0.880. The largest absolute Gasteiger partial charge is 0.390 e. The SMILES string of the molecule is CC(=O)NCC(=O)N(CCC(F)(F)F)C1CCCCC1. The maximum Gasteiger partial charge on any atom is 0.390 e. The molecule has 0 heterocycles. The molecule has 1 rings (SSSR count). The van der Waals surface area contributed by atoms with Crippen molar-refractivity contribution < 1.29 is 22.8 Å². The summed E-state index contributed by atoms with van der Waals surface area (Å²) in [5, 5.41) is 2.35. The first-order chi connectivity index (χ1) is 9.29. The Labute approximate surface area is 116 Å². The molecule has 0 aromatic rings. The summed E-state index contributed by atoms with van der Waals surface area (Å²) in [6, 6.07) is -0.132. The zero-order valence-corrected chi connectivity index (χ0v) is 11.6. The first kappa shape index (κ1) is 16.8. The zero-order chi connectivity index (χ0) is 15.2. The summed E-state index contributed by atoms with van der Waals surface area (Å²) in [4.78, 5) is 24.1. The van der Waals surface area contributed by atoms with Gasteiger partial charge >= 0.3 is 6.18 Å². The third-order valence-electron chi connectivity index (χ3n) is 3.46. The molecular formula is C13H21F3N2O2. The first-order valence-electron chi connectivity index (χ1n) is 6.90. The number of amides is 2. The fourth-order valence-corrected chi connectivity index (χ4v) is 2.45. The smallest absolute Gasteiger partial charge is 0.347 e. The molecule has 1 aliphatic carbocycles. The number of carbonyl (C=O) groups excluding carboxylic acids is 2. The number of carbonyl (C=O) groups is 2. The van der Waals surface area contributed by atoms with Crippen LogP contribution in [0.4, 0.5) is 13.2 Å². The van der Waals surface area contributed by atoms with Crippen molar-refractivity contribution in [2.75, 3.05) is 13.1 Å². The van der Waals surface area contributed by atoms with Crippen molar-refractivity contribution in [2.24, 2.45) is 0 Å². The molecule has 1 saturated carbocycles. The van der Waals surface area contributed by atoms with Crippen molar-refractivity contribution in [3.63, 3.8) is 0 Å². The molecule has 20 heavy (non-hydrogen) atoms. The quantitative estimate of drug-likeness (QED) is 0.845. The Morgan fingerprint density at radius 2 is 1.80 bits per heavy atom. The van der Waals surface area contributed by atoms with Crippen LogP contribution in [-0.4, -0.2) is 42.0 Å². The average molecular weight is 294 g/mol. The number of alkyl halides is 3. The van der Waals surface area contributed by atoms with Gasteiger partial charge in [-0.05, 0) is 12.8 Å². The predicted octanol–water partition coefficient (Wildman–Crippen LogP) is 2.24. The fourth-order valence-electron chi connectivity index (χ4n) is 2.45. The van der Waals surface area contributed by atoms with Crippen molar-refractivity contribution in [1.82, 2.24) is 10.2 Å². The van der Waals surface area contributed by atoms with Crippen molar-refractivity contribution in [3.05, 3.63) is 0 Å². The highest BCUT2D eigenvalue weighted by Gasteiger charge is 2.32. The highest BCUT2D eigenvalue weighted by Crippen LogP contribution is 2.25. The van der Waals surface area contributed by atoms with Crippen LogP contribution in [0.5, 0.6) is 0 Å². The van der Waals surface area contributed by atoms with Crippen LogP contribution in [0.1, 0.15) is 45.4 Å². The Kier molecular flexibility index (Phi) is 6.29. The van der Waals surface area contributed by atoms with Crippen LogP contribution in [0.15, 0.2) is 0 Å². The van der Waals surface area contributed by atoms with Gasteiger partial charge < -0.3 is 10.2 Å². The van der Waals surface area contributed by atoms with Crippen molar-refractivity contribution >= 4 is 11.8 Å². The fraction of sp³-hybridized carbons (Fsp3) is 0.846. The van der Waals surface area contributed by atoms with E-state index in [1.165, 1.54) is 11.8 Å². The maximum absolute atomic E-state index is 12.4. The van der Waals surface area contributed by atoms with E-state index in [-0.39, 0.29) is 25.0 Å². The van der Waals surface area contributed by atoms with Crippen LogP contribution >= 0.6 is 0 Å². The van der Waals surface area contributed by atoms with Gasteiger partial charge in [-0.1, -0.05) is 19.3 Å². The van der Waals surface area contributed by atoms with Gasteiger partial charge in [0, 0.05) is 19.5 Å². The van der Waals surface area contributed by atoms with Crippen LogP contribution < -0.4 is 5.32 Å². The van der Waals surface area contributed by atoms with Crippen molar-refractivity contribution in [3.8, 4) is 0 Å². The van der Waals surface area contributed by atoms with Gasteiger partial charge in [0.15, 0.2) is 0 Å². The molecule has 0 aromatic carbocycles. The van der Waals surface area contributed by atoms with Crippen molar-refractivity contribution in [2.45, 2.75) is 57.7 Å². The van der Waals surface area contributed by atoms with Gasteiger partial charge in [0.1, 0.15) is 0 Å². The second-order valence-electron chi connectivity index (χ2n) is 5.15. The van der Waals surface area contributed by atoms with E-state index in [0.29, 0.717) is 0 Å². The standard InChI is InChI=1S/C13H21F3N2O2/c1-10(19)17-9-12(20)18(8-7-13(14,15)16)11-5-3-2-4-6-11/h11H,2-9H2,1H3,(H,17,19). The summed E-state index contributed by atoms with van der Waals surface area (Å²) in [7, 11) is 0. The van der Waals surface area contributed by atoms with E-state index in [2.05, 4.69) is 5.32 Å². The normalized spacial score (nSPS) is 16.8. The predicted molar refractivity (Wildman–Crippen MR) is 67.9 cm³/mol. The van der Waals surface area contributed by atoms with E-state index < -0.39 is 18.5 Å². The van der Waals surface area contributed by atoms with Crippen LogP contribution in [0.3, 0.4) is 0 Å². The Morgan fingerprint density at radius 3 is 2.30 bits per heavy atom. The van der Waals surface area contributed by atoms with Gasteiger partial charge in [-0.15, -0.1) is 0 Å². The summed E-state index contributed by atoms with van der Waals surface area (Å²) >= 11 is 0. The molecule has 116 valence electrons. The van der Waals surface area contributed by atoms with Crippen LogP contribution in [0.25, 0.3) is 0 Å². The number of hydrogen-bond acceptors (Lipinski definition) is 2. The Bertz CT molecular complexity index is 339. The second-order valence-corrected chi connectivity index (χ2v) is 5.15. The number of halogens is 3. The third-order valence-corrected chi connectivity index (χ3v) is 3.46. The molecule has 2 amide bonds. The molecule has 0 unspecified atom stereocenters. The molecule has 0 spiro atoms. The number of nitrogens with one attached hydrogen (secondary N) is 1. The first-order valence-corrected chi connectivity index (χ1v) is 6.90. The maximum atomic E-state index is 12.4. The molecule has 1 fully saturated rings. The van der Waals surface area contributed by atoms with Gasteiger partial charge in [-0.3, -0.25) is 9.59 Å². The summed E-state index contributed by atoms with van der Waals surface area (Å²) < 4.78 is 37.1. The molecule has 1 N–H and O–H groups in total. The highest BCUT2D eigenvalue weighted by molar-refractivity contribution is 5.83. The lowest BCUT2D eigenvalue weighted by atomic mass is 9.94. The molecule has 0 aliphatic heterocycles. The highest BCUT2D eigenvalue weighted by atomic mass is 19.4. The summed E-state index contributed by atoms with van der Waals surface area (Å²) in [6.45, 7) is 0.713. The van der Waals surface area contributed by atoms with Crippen molar-refractivity contribution in [1.29, 1.82) is 0 Å². The minimum atomic E-state index is -4.28. The van der Waals surface area contributed by atoms with Crippen LogP contribution in [0.2, 0.25) is 0 Å². The zero-order valence-electron chi connectivity index (χ0n) is 11.6. The van der Waals surface area contributed by atoms with Gasteiger partial charge in [0.05, 0.1) is 13.0 Å². The molecule has 1 aliphatic rings. The van der Waals surface area contributed by atoms with E-state index in [1.54, 1.807) is 0 Å². The topological polar surface area (TPSA) is 49.4 Å². The number of hydrogen-bond donors (Lipinski definition) is 1. The molecule has 7 heteroatoms. The number of rotatable bonds is 5. The monoisotopic (exact) mass is 294 g/mol. The Hall–Kier alpha value is -1.27. The molecule has 0 aromatic heterocycles. The van der Waals surface area contributed by atoms with Crippen LogP contribution in [0, 0.1) is 0 Å². The molecular weight excluding hydrogens is 273 g/mol. The van der Waals surface area contributed by atoms with E-state index in [0.717, 1.165) is 32.1 Å². The molecule has 0 bridgehead atoms. The van der Waals surface area contributed by atoms with Gasteiger partial charge in [0.25, 0.3) is 0 Å². The Balaban J connectivity index is 2.61. The second kappa shape index (κ2) is 7.50. The van der Waals surface area contributed by atoms with Gasteiger partial charge in [-0.2, -0.15) is 13.2 Å². The summed E-state index contributed by atoms with van der Waals surface area (Å²) in [5.41, 5.74) is 0. The van der Waals surface area contributed by atoms with E-state index in [9.17, 15) is 22.8 Å². The van der Waals surface area contributed by atoms with E-state index in [1.807, 2.05) is 0 Å². The van der Waals surface area contributed by atoms with E-state index >= 15 is 0 Å². The lowest BCUT2D eigenvalue weighted by Crippen LogP contribution is -2.47. The van der Waals surface area contributed by atoms with Crippen LogP contribution in [-0.2, 0) is 9.59 Å². The molecule has 0 saturated heterocycles. The number of nitrogens with zero attached hydrogens (tertiary/aromatic N) is 1. The average Bonchev–Trinajstić information content (AvgIpc) is 2.36.